The molecule has 0 fully saturated rings. The zero-order valence-corrected chi connectivity index (χ0v) is 47.0. The fourth-order valence-electron chi connectivity index (χ4n) is 12.9. The predicted octanol–water partition coefficient (Wildman–Crippen LogP) is 17.4. The Morgan fingerprint density at radius 3 is 1.66 bits per heavy atom. The summed E-state index contributed by atoms with van der Waals surface area (Å²) in [6, 6.07) is 44.1. The Morgan fingerprint density at radius 1 is 0.493 bits per heavy atom. The lowest BCUT2D eigenvalue weighted by Crippen LogP contribution is -2.60. The van der Waals surface area contributed by atoms with Gasteiger partial charge >= 0.3 is 0 Å². The number of benzene rings is 6. The Labute approximate surface area is 432 Å². The highest BCUT2D eigenvalue weighted by Gasteiger charge is 2.48. The number of anilines is 3. The first-order chi connectivity index (χ1) is 33.0. The van der Waals surface area contributed by atoms with E-state index in [9.17, 15) is 0 Å². The second-order valence-corrected chi connectivity index (χ2v) is 29.1. The van der Waals surface area contributed by atoms with Crippen LogP contribution in [0.25, 0.3) is 32.9 Å². The zero-order valence-electron chi connectivity index (χ0n) is 46.2. The number of rotatable bonds is 3. The average Bonchev–Trinajstić information content (AvgIpc) is 3.68. The molecule has 0 spiro atoms. The zero-order chi connectivity index (χ0) is 50.7. The summed E-state index contributed by atoms with van der Waals surface area (Å²) in [5, 5.41) is 1.35. The largest absolute Gasteiger partial charge is 0.309 e. The van der Waals surface area contributed by atoms with Gasteiger partial charge in [-0.3, -0.25) is 0 Å². The summed E-state index contributed by atoms with van der Waals surface area (Å²) in [4.78, 5) is 2.75. The number of hydrogen-bond acceptors (Lipinski definition) is 2. The van der Waals surface area contributed by atoms with Crippen molar-refractivity contribution < 1.29 is 0 Å². The smallest absolute Gasteiger partial charge is 0.260 e. The maximum Gasteiger partial charge on any atom is 0.260 e. The molecule has 71 heavy (non-hydrogen) atoms. The molecule has 7 aromatic rings. The van der Waals surface area contributed by atoms with E-state index in [2.05, 4.69) is 238 Å². The molecule has 3 heterocycles. The third kappa shape index (κ3) is 7.76. The molecular formula is C68H78BNS. The van der Waals surface area contributed by atoms with Crippen molar-refractivity contribution in [1.82, 2.24) is 0 Å². The Hall–Kier alpha value is -5.12. The van der Waals surface area contributed by atoms with Crippen molar-refractivity contribution in [3.05, 3.63) is 165 Å². The average molecular weight is 952 g/mol. The van der Waals surface area contributed by atoms with Crippen LogP contribution in [-0.2, 0) is 37.9 Å². The summed E-state index contributed by atoms with van der Waals surface area (Å²) >= 11 is 2.03. The normalized spacial score (nSPS) is 19.0. The summed E-state index contributed by atoms with van der Waals surface area (Å²) in [5.41, 5.74) is 25.2. The van der Waals surface area contributed by atoms with E-state index in [1.807, 2.05) is 11.3 Å². The molecule has 0 N–H and O–H groups in total. The summed E-state index contributed by atoms with van der Waals surface area (Å²) in [5.74, 6) is 0. The molecule has 364 valence electrons. The van der Waals surface area contributed by atoms with Gasteiger partial charge in [0, 0.05) is 26.1 Å². The minimum absolute atomic E-state index is 0.00716. The fourth-order valence-corrected chi connectivity index (χ4v) is 14.2. The molecule has 2 aliphatic heterocycles. The van der Waals surface area contributed by atoms with Gasteiger partial charge in [-0.1, -0.05) is 202 Å². The molecule has 4 aliphatic rings. The number of thiophene rings is 1. The highest BCUT2D eigenvalue weighted by Crippen LogP contribution is 2.53. The molecule has 6 aromatic carbocycles. The van der Waals surface area contributed by atoms with Gasteiger partial charge in [-0.25, -0.2) is 0 Å². The second kappa shape index (κ2) is 15.7. The van der Waals surface area contributed by atoms with Gasteiger partial charge in [0.25, 0.3) is 6.71 Å². The number of hydrogen-bond donors (Lipinski definition) is 0. The van der Waals surface area contributed by atoms with Crippen molar-refractivity contribution in [2.75, 3.05) is 4.90 Å². The van der Waals surface area contributed by atoms with Crippen molar-refractivity contribution in [3.8, 4) is 11.1 Å². The third-order valence-corrected chi connectivity index (χ3v) is 19.1. The predicted molar refractivity (Wildman–Crippen MR) is 313 cm³/mol. The van der Waals surface area contributed by atoms with Gasteiger partial charge in [-0.15, -0.1) is 11.3 Å². The molecule has 11 rings (SSSR count). The van der Waals surface area contributed by atoms with Gasteiger partial charge in [-0.2, -0.15) is 0 Å². The molecule has 0 bridgehead atoms. The van der Waals surface area contributed by atoms with Crippen LogP contribution in [0, 0.1) is 0 Å². The summed E-state index contributed by atoms with van der Waals surface area (Å²) in [6.45, 7) is 41.3. The van der Waals surface area contributed by atoms with Gasteiger partial charge in [0.2, 0.25) is 0 Å². The van der Waals surface area contributed by atoms with E-state index in [-0.39, 0.29) is 44.6 Å². The molecule has 3 heteroatoms. The molecule has 0 radical (unpaired) electrons. The summed E-state index contributed by atoms with van der Waals surface area (Å²) < 4.78 is 2.81. The molecule has 0 atom stereocenters. The van der Waals surface area contributed by atoms with Crippen LogP contribution in [0.1, 0.15) is 199 Å². The van der Waals surface area contributed by atoms with Crippen molar-refractivity contribution in [2.45, 2.75) is 181 Å². The fraction of sp³-hybridized carbons (Fsp3) is 0.412. The van der Waals surface area contributed by atoms with Gasteiger partial charge in [0.15, 0.2) is 0 Å². The molecule has 0 amide bonds. The molecule has 1 aromatic heterocycles. The minimum atomic E-state index is -0.115. The Morgan fingerprint density at radius 2 is 1.04 bits per heavy atom. The lowest BCUT2D eigenvalue weighted by atomic mass is 9.33. The lowest BCUT2D eigenvalue weighted by molar-refractivity contribution is 0.332. The maximum atomic E-state index is 2.75. The van der Waals surface area contributed by atoms with Gasteiger partial charge < -0.3 is 4.90 Å². The highest BCUT2D eigenvalue weighted by molar-refractivity contribution is 7.33. The van der Waals surface area contributed by atoms with E-state index in [1.54, 1.807) is 0 Å². The standard InChI is InChI=1S/C68H78BNS/c1-62(2,3)43-24-27-56(46(35-43)42-21-19-18-20-22-42)70-57-38-45(64(7,8)9)37-49-47(33-41-23-26-51-52(34-41)66(12,13)30-29-65(51,10)11)48-39-53-54(68(16,17)32-31-67(53,14)15)40-55(48)69(59(49)57)61-60(70)50-36-44(63(4,5)6)25-28-58(50)71-61/h18-28,33-40H,29-32H2,1-17H3/b47-33+. The van der Waals surface area contributed by atoms with Gasteiger partial charge in [-0.05, 0) is 172 Å². The first-order valence-electron chi connectivity index (χ1n) is 26.9. The van der Waals surface area contributed by atoms with Crippen LogP contribution < -0.4 is 20.6 Å². The second-order valence-electron chi connectivity index (χ2n) is 28.0. The number of nitrogens with zero attached hydrogens (tertiary/aromatic N) is 1. The van der Waals surface area contributed by atoms with E-state index in [4.69, 9.17) is 0 Å². The van der Waals surface area contributed by atoms with Crippen LogP contribution in [0.4, 0.5) is 17.1 Å². The van der Waals surface area contributed by atoms with E-state index < -0.39 is 0 Å². The lowest BCUT2D eigenvalue weighted by Gasteiger charge is -2.45. The Balaban J connectivity index is 1.31. The van der Waals surface area contributed by atoms with Crippen molar-refractivity contribution in [2.24, 2.45) is 0 Å². The SMILES string of the molecule is CC(C)(C)c1ccc(N2c3cc(C(C)(C)C)cc4c3B(c3cc5c(cc3/C4=C\c3ccc4c(c3)C(C)(C)CCC4(C)C)C(C)(C)CCC5(C)C)c3sc4ccc(C(C)(C)C)cc4c32)c(-c2ccccc2)c1. The van der Waals surface area contributed by atoms with Crippen LogP contribution in [0.3, 0.4) is 0 Å². The van der Waals surface area contributed by atoms with Gasteiger partial charge in [0.05, 0.1) is 11.4 Å². The van der Waals surface area contributed by atoms with Crippen LogP contribution in [0.2, 0.25) is 0 Å². The molecule has 0 saturated heterocycles. The van der Waals surface area contributed by atoms with Crippen molar-refractivity contribution in [1.29, 1.82) is 0 Å². The first kappa shape index (κ1) is 48.2. The molecule has 0 unspecified atom stereocenters. The highest BCUT2D eigenvalue weighted by atomic mass is 32.1. The Bertz CT molecular complexity index is 3360. The monoisotopic (exact) mass is 952 g/mol. The van der Waals surface area contributed by atoms with Gasteiger partial charge in [0.1, 0.15) is 0 Å². The molecular weight excluding hydrogens is 874 g/mol. The molecule has 1 nitrogen and oxygen atoms in total. The number of fused-ring (bicyclic) bond motifs is 8. The van der Waals surface area contributed by atoms with E-state index >= 15 is 0 Å². The molecule has 0 saturated carbocycles. The van der Waals surface area contributed by atoms with Crippen LogP contribution in [0.15, 0.2) is 109 Å². The topological polar surface area (TPSA) is 3.24 Å². The van der Waals surface area contributed by atoms with Crippen LogP contribution >= 0.6 is 11.3 Å². The van der Waals surface area contributed by atoms with E-state index in [0.717, 1.165) is 0 Å². The Kier molecular flexibility index (Phi) is 10.6. The quantitative estimate of drug-likeness (QED) is 0.160. The first-order valence-corrected chi connectivity index (χ1v) is 27.7. The third-order valence-electron chi connectivity index (χ3n) is 17.9. The van der Waals surface area contributed by atoms with Crippen molar-refractivity contribution >= 4 is 72.5 Å². The van der Waals surface area contributed by atoms with E-state index in [0.29, 0.717) is 0 Å². The van der Waals surface area contributed by atoms with Crippen molar-refractivity contribution in [3.63, 3.8) is 0 Å². The summed E-state index contributed by atoms with van der Waals surface area (Å²) in [6.07, 6.45) is 7.38. The summed E-state index contributed by atoms with van der Waals surface area (Å²) in [7, 11) is 0. The van der Waals surface area contributed by atoms with Crippen LogP contribution in [0.5, 0.6) is 0 Å². The van der Waals surface area contributed by atoms with E-state index in [1.165, 1.54) is 141 Å². The molecule has 2 aliphatic carbocycles. The maximum absolute atomic E-state index is 2.75. The minimum Gasteiger partial charge on any atom is -0.309 e. The van der Waals surface area contributed by atoms with Crippen LogP contribution in [-0.4, -0.2) is 6.71 Å².